The molecule has 1 fully saturated rings. The van der Waals surface area contributed by atoms with Crippen molar-refractivity contribution in [1.82, 2.24) is 19.6 Å². The molecule has 18 nitrogen and oxygen atoms in total. The summed E-state index contributed by atoms with van der Waals surface area (Å²) in [6, 6.07) is 3.06. The Balaban J connectivity index is 2.29. The number of hydrogen-bond donors (Lipinski definition) is 7. The number of hydrogen-bond acceptors (Lipinski definition) is 14. The Hall–Kier alpha value is -3.46. The van der Waals surface area contributed by atoms with Crippen molar-refractivity contribution >= 4 is 23.9 Å². The van der Waals surface area contributed by atoms with E-state index in [1.54, 1.807) is 19.6 Å². The average molecular weight is 787 g/mol. The van der Waals surface area contributed by atoms with Crippen LogP contribution in [0.15, 0.2) is 24.3 Å². The predicted molar refractivity (Wildman–Crippen MR) is 199 cm³/mol. The molecule has 1 aromatic rings. The predicted octanol–water partition coefficient (Wildman–Crippen LogP) is -0.377. The van der Waals surface area contributed by atoms with Crippen molar-refractivity contribution in [1.29, 1.82) is 0 Å². The van der Waals surface area contributed by atoms with E-state index in [4.69, 9.17) is 14.2 Å². The van der Waals surface area contributed by atoms with Crippen LogP contribution in [-0.2, 0) is 35.1 Å². The van der Waals surface area contributed by atoms with Gasteiger partial charge in [0.1, 0.15) is 36.5 Å². The molecule has 1 aliphatic heterocycles. The zero-order valence-electron chi connectivity index (χ0n) is 32.0. The Bertz CT molecular complexity index is 1220. The van der Waals surface area contributed by atoms with E-state index in [0.717, 1.165) is 5.56 Å². The van der Waals surface area contributed by atoms with E-state index in [9.17, 15) is 54.9 Å². The second-order valence-electron chi connectivity index (χ2n) is 13.3. The van der Waals surface area contributed by atoms with Gasteiger partial charge in [0, 0.05) is 78.8 Å². The number of benzene rings is 1. The fourth-order valence-corrected chi connectivity index (χ4v) is 6.77. The molecule has 3 unspecified atom stereocenters. The van der Waals surface area contributed by atoms with Crippen molar-refractivity contribution in [2.24, 2.45) is 0 Å². The Morgan fingerprint density at radius 1 is 0.545 bits per heavy atom. The van der Waals surface area contributed by atoms with Gasteiger partial charge in [-0.2, -0.15) is 0 Å². The summed E-state index contributed by atoms with van der Waals surface area (Å²) in [5.74, 6) is -4.01. The maximum absolute atomic E-state index is 12.8. The number of carboxylic acids is 4. The fourth-order valence-electron chi connectivity index (χ4n) is 6.77. The van der Waals surface area contributed by atoms with Crippen LogP contribution in [0.2, 0.25) is 0 Å². The summed E-state index contributed by atoms with van der Waals surface area (Å²) in [5, 5.41) is 69.7. The molecule has 0 aliphatic carbocycles. The molecule has 55 heavy (non-hydrogen) atoms. The highest BCUT2D eigenvalue weighted by Crippen LogP contribution is 2.18. The molecule has 1 aliphatic rings. The molecule has 0 radical (unpaired) electrons. The number of carbonyl (C=O) groups is 4. The van der Waals surface area contributed by atoms with E-state index in [0.29, 0.717) is 51.6 Å². The van der Waals surface area contributed by atoms with Gasteiger partial charge >= 0.3 is 23.9 Å². The number of aliphatic hydroxyl groups excluding tert-OH is 3. The number of ether oxygens (including phenoxy) is 3. The molecular formula is C37H62N4O14. The number of rotatable bonds is 26. The van der Waals surface area contributed by atoms with Gasteiger partial charge in [0.15, 0.2) is 0 Å². The van der Waals surface area contributed by atoms with Crippen LogP contribution in [0.5, 0.6) is 5.75 Å². The van der Waals surface area contributed by atoms with Crippen LogP contribution >= 0.6 is 0 Å². The highest BCUT2D eigenvalue weighted by Gasteiger charge is 2.34. The van der Waals surface area contributed by atoms with Crippen LogP contribution in [0.4, 0.5) is 0 Å². The molecule has 0 amide bonds. The van der Waals surface area contributed by atoms with Gasteiger partial charge in [0.2, 0.25) is 0 Å². The second-order valence-corrected chi connectivity index (χ2v) is 13.3. The molecular weight excluding hydrogens is 724 g/mol. The smallest absolute Gasteiger partial charge is 0.321 e. The number of nitrogens with zero attached hydrogens (tertiary/aromatic N) is 4. The lowest BCUT2D eigenvalue weighted by atomic mass is 10.0. The number of aliphatic hydroxyl groups is 3. The summed E-state index contributed by atoms with van der Waals surface area (Å²) in [7, 11) is 0. The van der Waals surface area contributed by atoms with Crippen molar-refractivity contribution in [2.75, 3.05) is 105 Å². The zero-order chi connectivity index (χ0) is 40.6. The van der Waals surface area contributed by atoms with Gasteiger partial charge in [0.05, 0.1) is 19.8 Å². The summed E-state index contributed by atoms with van der Waals surface area (Å²) < 4.78 is 16.4. The number of aliphatic carboxylic acids is 4. The molecule has 0 spiro atoms. The topological polar surface area (TPSA) is 251 Å². The van der Waals surface area contributed by atoms with Crippen molar-refractivity contribution < 1.29 is 69.1 Å². The Morgan fingerprint density at radius 2 is 0.891 bits per heavy atom. The zero-order valence-corrected chi connectivity index (χ0v) is 32.0. The normalized spacial score (nSPS) is 18.0. The van der Waals surface area contributed by atoms with Crippen LogP contribution in [0.25, 0.3) is 0 Å². The van der Waals surface area contributed by atoms with E-state index in [2.05, 4.69) is 0 Å². The minimum absolute atomic E-state index is 0.0339. The molecule has 0 saturated carbocycles. The first kappa shape index (κ1) is 47.7. The molecule has 1 aromatic carbocycles. The minimum atomic E-state index is -1.20. The van der Waals surface area contributed by atoms with Gasteiger partial charge in [-0.1, -0.05) is 12.1 Å². The number of carboxylic acid groups (broad SMARTS) is 4. The van der Waals surface area contributed by atoms with Crippen LogP contribution < -0.4 is 4.74 Å². The average Bonchev–Trinajstić information content (AvgIpc) is 3.14. The first-order valence-electron chi connectivity index (χ1n) is 19.0. The third-order valence-electron chi connectivity index (χ3n) is 9.75. The second kappa shape index (κ2) is 27.2. The Labute approximate surface area is 322 Å². The van der Waals surface area contributed by atoms with Crippen LogP contribution in [0, 0.1) is 0 Å². The lowest BCUT2D eigenvalue weighted by Crippen LogP contribution is -2.56. The lowest BCUT2D eigenvalue weighted by Gasteiger charge is -2.39. The van der Waals surface area contributed by atoms with E-state index in [1.165, 1.54) is 0 Å². The molecule has 4 atom stereocenters. The standard InChI is InChI=1S/C37H62N4O14/c1-2-53-24-25-54-26-27-55-29-8-6-28(7-9-29)4-3-5-30(34(45)46)38-13-15-39(31(10-21-42)35(47)48)17-19-41(33(12-23-44)37(51)52)20-18-40(16-14-38)32(11-22-43)36(49)50/h6-9,30-33,42-44H,2-5,10-27H2,1H3,(H,45,46)(H,47,48)(H,49,50)(H,51,52)/t30-,31?,32?,33?/m0/s1. The lowest BCUT2D eigenvalue weighted by molar-refractivity contribution is -0.148. The van der Waals surface area contributed by atoms with Crippen LogP contribution in [-0.4, -0.2) is 209 Å². The van der Waals surface area contributed by atoms with Gasteiger partial charge in [-0.25, -0.2) is 0 Å². The third-order valence-corrected chi connectivity index (χ3v) is 9.75. The fraction of sp³-hybridized carbons (Fsp3) is 0.730. The maximum atomic E-state index is 12.8. The van der Waals surface area contributed by atoms with E-state index >= 15 is 0 Å². The van der Waals surface area contributed by atoms with E-state index < -0.39 is 67.9 Å². The molecule has 0 bridgehead atoms. The molecule has 18 heteroatoms. The summed E-state index contributed by atoms with van der Waals surface area (Å²) in [6.45, 7) is 3.51. The van der Waals surface area contributed by atoms with Crippen LogP contribution in [0.1, 0.15) is 44.6 Å². The summed E-state index contributed by atoms with van der Waals surface area (Å²) in [5.41, 5.74) is 0.975. The molecule has 314 valence electrons. The monoisotopic (exact) mass is 786 g/mol. The molecule has 2 rings (SSSR count). The van der Waals surface area contributed by atoms with Crippen molar-refractivity contribution in [3.05, 3.63) is 29.8 Å². The molecule has 7 N–H and O–H groups in total. The summed E-state index contributed by atoms with van der Waals surface area (Å²) >= 11 is 0. The van der Waals surface area contributed by atoms with Crippen molar-refractivity contribution in [3.63, 3.8) is 0 Å². The van der Waals surface area contributed by atoms with Crippen molar-refractivity contribution in [3.8, 4) is 5.75 Å². The van der Waals surface area contributed by atoms with Crippen LogP contribution in [0.3, 0.4) is 0 Å². The first-order valence-corrected chi connectivity index (χ1v) is 19.0. The van der Waals surface area contributed by atoms with E-state index in [-0.39, 0.29) is 78.0 Å². The molecule has 0 aromatic heterocycles. The summed E-state index contributed by atoms with van der Waals surface area (Å²) in [6.07, 6.45) is 0.955. The minimum Gasteiger partial charge on any atom is -0.491 e. The third kappa shape index (κ3) is 17.5. The quantitative estimate of drug-likeness (QED) is 0.0592. The molecule has 1 saturated heterocycles. The van der Waals surface area contributed by atoms with Gasteiger partial charge in [-0.05, 0) is 63.1 Å². The van der Waals surface area contributed by atoms with Gasteiger partial charge in [-0.15, -0.1) is 0 Å². The SMILES string of the molecule is CCOCCOCCOc1ccc(CCC[C@@H](C(=O)O)N2CCN(C(CCO)C(=O)O)CCN(C(CCO)C(=O)O)CCN(C(CCO)C(=O)O)CC2)cc1. The largest absolute Gasteiger partial charge is 0.491 e. The van der Waals surface area contributed by atoms with Gasteiger partial charge in [-0.3, -0.25) is 38.8 Å². The molecule has 1 heterocycles. The first-order chi connectivity index (χ1) is 26.5. The maximum Gasteiger partial charge on any atom is 0.321 e. The Morgan fingerprint density at radius 3 is 1.24 bits per heavy atom. The highest BCUT2D eigenvalue weighted by atomic mass is 16.5. The van der Waals surface area contributed by atoms with Gasteiger partial charge < -0.3 is 50.0 Å². The highest BCUT2D eigenvalue weighted by molar-refractivity contribution is 5.75. The number of aryl methyl sites for hydroxylation is 1. The summed E-state index contributed by atoms with van der Waals surface area (Å²) in [4.78, 5) is 56.3. The van der Waals surface area contributed by atoms with Crippen molar-refractivity contribution in [2.45, 2.75) is 69.6 Å². The Kier molecular flexibility index (Phi) is 23.6. The van der Waals surface area contributed by atoms with E-state index in [1.807, 2.05) is 31.2 Å². The van der Waals surface area contributed by atoms with Gasteiger partial charge in [0.25, 0.3) is 0 Å².